The molecule has 3 heterocycles. The van der Waals surface area contributed by atoms with Gasteiger partial charge in [0.2, 0.25) is 5.91 Å². The van der Waals surface area contributed by atoms with Crippen LogP contribution in [0.5, 0.6) is 0 Å². The van der Waals surface area contributed by atoms with E-state index in [0.717, 1.165) is 29.7 Å². The largest absolute Gasteiger partial charge is 0.350 e. The summed E-state index contributed by atoms with van der Waals surface area (Å²) < 4.78 is 31.9. The number of hydroxylamine groups is 1. The highest BCUT2D eigenvalue weighted by Crippen LogP contribution is 2.45. The van der Waals surface area contributed by atoms with E-state index in [1.807, 2.05) is 24.3 Å². The van der Waals surface area contributed by atoms with Crippen LogP contribution in [0.25, 0.3) is 10.4 Å². The average molecular weight is 564 g/mol. The van der Waals surface area contributed by atoms with Crippen molar-refractivity contribution >= 4 is 33.1 Å². The normalized spacial score (nSPS) is 23.4. The van der Waals surface area contributed by atoms with E-state index in [0.29, 0.717) is 17.9 Å². The van der Waals surface area contributed by atoms with Crippen LogP contribution in [-0.2, 0) is 35.4 Å². The number of carbonyl (C=O) groups is 2. The Hall–Kier alpha value is -2.47. The summed E-state index contributed by atoms with van der Waals surface area (Å²) in [6, 6.07) is 11.7. The van der Waals surface area contributed by atoms with Crippen molar-refractivity contribution in [2.24, 2.45) is 0 Å². The predicted octanol–water partition coefficient (Wildman–Crippen LogP) is 3.94. The molecule has 2 aliphatic heterocycles. The maximum Gasteiger partial charge on any atom is 0.319 e. The monoisotopic (exact) mass is 563 g/mol. The lowest BCUT2D eigenvalue weighted by Crippen LogP contribution is -2.43. The van der Waals surface area contributed by atoms with Gasteiger partial charge in [-0.2, -0.15) is 0 Å². The molecule has 2 aromatic rings. The Morgan fingerprint density at radius 3 is 2.58 bits per heavy atom. The van der Waals surface area contributed by atoms with E-state index in [9.17, 15) is 18.0 Å². The summed E-state index contributed by atoms with van der Waals surface area (Å²) in [7, 11) is -0.552. The maximum atomic E-state index is 13.9. The first-order valence-electron chi connectivity index (χ1n) is 13.1. The summed E-state index contributed by atoms with van der Waals surface area (Å²) in [4.78, 5) is 35.8. The fourth-order valence-electron chi connectivity index (χ4n) is 4.92. The lowest BCUT2D eigenvalue weighted by molar-refractivity contribution is -0.200. The molecule has 2 aliphatic rings. The van der Waals surface area contributed by atoms with Gasteiger partial charge in [-0.15, -0.1) is 11.3 Å². The van der Waals surface area contributed by atoms with Crippen molar-refractivity contribution in [1.82, 2.24) is 15.3 Å². The Kier molecular flexibility index (Phi) is 9.12. The molecule has 1 N–H and O–H groups in total. The first-order valence-corrected chi connectivity index (χ1v) is 15.6. The van der Waals surface area contributed by atoms with Crippen LogP contribution in [0.2, 0.25) is 0 Å². The van der Waals surface area contributed by atoms with Gasteiger partial charge in [0.1, 0.15) is 4.75 Å². The van der Waals surface area contributed by atoms with Crippen LogP contribution in [0.4, 0.5) is 4.79 Å². The van der Waals surface area contributed by atoms with E-state index in [1.165, 1.54) is 21.8 Å². The second kappa shape index (κ2) is 12.1. The fraction of sp³-hybridized carbons (Fsp3) is 0.556. The Morgan fingerprint density at radius 1 is 1.16 bits per heavy atom. The smallest absolute Gasteiger partial charge is 0.319 e. The van der Waals surface area contributed by atoms with Crippen LogP contribution in [0.3, 0.4) is 0 Å². The van der Waals surface area contributed by atoms with Gasteiger partial charge in [0, 0.05) is 50.0 Å². The summed E-state index contributed by atoms with van der Waals surface area (Å²) in [5, 5.41) is 0. The highest BCUT2D eigenvalue weighted by atomic mass is 32.2. The topological polar surface area (TPSA) is 105 Å². The number of nitrogens with zero attached hydrogens (tertiary/aromatic N) is 2. The predicted molar refractivity (Wildman–Crippen MR) is 147 cm³/mol. The number of ether oxygens (including phenoxy) is 1. The molecule has 2 fully saturated rings. The summed E-state index contributed by atoms with van der Waals surface area (Å²) >= 11 is 1.38. The second-order valence-corrected chi connectivity index (χ2v) is 13.6. The molecule has 11 heteroatoms. The van der Waals surface area contributed by atoms with E-state index in [-0.39, 0.29) is 37.7 Å². The zero-order valence-corrected chi connectivity index (χ0v) is 23.9. The molecule has 0 aliphatic carbocycles. The Balaban J connectivity index is 1.65. The van der Waals surface area contributed by atoms with Gasteiger partial charge in [0.25, 0.3) is 0 Å². The number of amides is 3. The number of nitrogens with one attached hydrogen (secondary N) is 1. The molecule has 4 rings (SSSR count). The molecule has 0 saturated carbocycles. The number of hydrogen-bond acceptors (Lipinski definition) is 7. The van der Waals surface area contributed by atoms with E-state index in [4.69, 9.17) is 9.57 Å². The molecule has 9 nitrogen and oxygen atoms in total. The van der Waals surface area contributed by atoms with Gasteiger partial charge < -0.3 is 14.5 Å². The standard InChI is InChI=1S/C27H37N3O6S2/c1-4-20-8-10-21(11-9-20)22-12-13-23(37-22)27(19-24(31)28-36-25-7-5-6-17-35-25)14-15-30(26(32)29(2)3)16-18-38(27,33)34/h8-13,25H,4-7,14-19H2,1-3H3,(H,28,31)/t25?,27-/m0/s1. The van der Waals surface area contributed by atoms with Crippen molar-refractivity contribution in [3.63, 3.8) is 0 Å². The molecule has 2 saturated heterocycles. The highest BCUT2D eigenvalue weighted by Gasteiger charge is 2.50. The third-order valence-corrected chi connectivity index (χ3v) is 11.2. The number of aryl methyl sites for hydroxylation is 1. The molecule has 1 aromatic heterocycles. The molecule has 0 spiro atoms. The number of hydrogen-bond donors (Lipinski definition) is 1. The van der Waals surface area contributed by atoms with Crippen molar-refractivity contribution in [2.75, 3.05) is 39.5 Å². The minimum absolute atomic E-state index is 0.0752. The molecule has 2 atom stereocenters. The van der Waals surface area contributed by atoms with Crippen molar-refractivity contribution in [1.29, 1.82) is 0 Å². The van der Waals surface area contributed by atoms with Gasteiger partial charge in [-0.05, 0) is 48.9 Å². The maximum absolute atomic E-state index is 13.9. The van der Waals surface area contributed by atoms with Gasteiger partial charge in [-0.3, -0.25) is 4.79 Å². The fourth-order valence-corrected chi connectivity index (χ4v) is 8.53. The zero-order chi connectivity index (χ0) is 27.3. The third kappa shape index (κ3) is 6.22. The van der Waals surface area contributed by atoms with Crippen LogP contribution in [0.1, 0.15) is 49.5 Å². The van der Waals surface area contributed by atoms with Gasteiger partial charge in [0.05, 0.1) is 12.2 Å². The minimum Gasteiger partial charge on any atom is -0.350 e. The minimum atomic E-state index is -3.83. The molecular formula is C27H37N3O6S2. The second-order valence-electron chi connectivity index (χ2n) is 10.1. The third-order valence-electron chi connectivity index (χ3n) is 7.25. The molecule has 3 amide bonds. The van der Waals surface area contributed by atoms with Crippen molar-refractivity contribution in [3.05, 3.63) is 46.8 Å². The summed E-state index contributed by atoms with van der Waals surface area (Å²) in [5.41, 5.74) is 4.66. The summed E-state index contributed by atoms with van der Waals surface area (Å²) in [6.45, 7) is 2.95. The Bertz CT molecular complexity index is 1220. The lowest BCUT2D eigenvalue weighted by Gasteiger charge is -2.31. The van der Waals surface area contributed by atoms with E-state index >= 15 is 0 Å². The van der Waals surface area contributed by atoms with E-state index in [1.54, 1.807) is 19.0 Å². The number of benzene rings is 1. The number of carbonyl (C=O) groups excluding carboxylic acids is 2. The van der Waals surface area contributed by atoms with Crippen LogP contribution >= 0.6 is 11.3 Å². The van der Waals surface area contributed by atoms with Crippen LogP contribution in [0, 0.1) is 0 Å². The summed E-state index contributed by atoms with van der Waals surface area (Å²) in [6.07, 6.45) is 2.74. The highest BCUT2D eigenvalue weighted by molar-refractivity contribution is 7.92. The molecule has 1 aromatic carbocycles. The molecule has 1 unspecified atom stereocenters. The number of rotatable bonds is 7. The van der Waals surface area contributed by atoms with Crippen molar-refractivity contribution in [3.8, 4) is 10.4 Å². The number of thiophene rings is 1. The molecule has 0 radical (unpaired) electrons. The zero-order valence-electron chi connectivity index (χ0n) is 22.3. The molecule has 38 heavy (non-hydrogen) atoms. The van der Waals surface area contributed by atoms with E-state index < -0.39 is 26.8 Å². The van der Waals surface area contributed by atoms with Gasteiger partial charge in [-0.25, -0.2) is 23.5 Å². The first-order chi connectivity index (χ1) is 18.1. The average Bonchev–Trinajstić information content (AvgIpc) is 3.37. The van der Waals surface area contributed by atoms with Gasteiger partial charge in [0.15, 0.2) is 16.1 Å². The number of sulfone groups is 1. The quantitative estimate of drug-likeness (QED) is 0.512. The van der Waals surface area contributed by atoms with Crippen LogP contribution < -0.4 is 5.48 Å². The molecular weight excluding hydrogens is 526 g/mol. The van der Waals surface area contributed by atoms with E-state index in [2.05, 4.69) is 24.5 Å². The van der Waals surface area contributed by atoms with Crippen molar-refractivity contribution in [2.45, 2.75) is 56.5 Å². The van der Waals surface area contributed by atoms with Crippen LogP contribution in [-0.4, -0.2) is 76.0 Å². The first kappa shape index (κ1) is 28.5. The van der Waals surface area contributed by atoms with Gasteiger partial charge in [-0.1, -0.05) is 31.2 Å². The molecule has 208 valence electrons. The Labute approximate surface area is 229 Å². The summed E-state index contributed by atoms with van der Waals surface area (Å²) in [5.74, 6) is -0.761. The number of urea groups is 1. The van der Waals surface area contributed by atoms with Crippen LogP contribution in [0.15, 0.2) is 36.4 Å². The molecule has 0 bridgehead atoms. The van der Waals surface area contributed by atoms with Crippen molar-refractivity contribution < 1.29 is 27.6 Å². The van der Waals surface area contributed by atoms with Gasteiger partial charge >= 0.3 is 6.03 Å². The lowest BCUT2D eigenvalue weighted by atomic mass is 9.97. The SMILES string of the molecule is CCc1ccc(-c2ccc([C@@]3(CC(=O)NOC4CCCCO4)CCN(C(=O)N(C)C)CCS3(=O)=O)s2)cc1. The Morgan fingerprint density at radius 2 is 1.92 bits per heavy atom.